The van der Waals surface area contributed by atoms with Gasteiger partial charge in [-0.05, 0) is 18.6 Å². The summed E-state index contributed by atoms with van der Waals surface area (Å²) in [5, 5.41) is 0. The van der Waals surface area contributed by atoms with Gasteiger partial charge in [0.2, 0.25) is 0 Å². The molecule has 30 heavy (non-hydrogen) atoms. The number of aryl methyl sites for hydroxylation is 1. The summed E-state index contributed by atoms with van der Waals surface area (Å²) in [7, 11) is 0. The normalized spacial score (nSPS) is 19.3. The van der Waals surface area contributed by atoms with Crippen LogP contribution in [0.3, 0.4) is 0 Å². The van der Waals surface area contributed by atoms with Crippen molar-refractivity contribution in [2.75, 3.05) is 32.8 Å². The van der Waals surface area contributed by atoms with E-state index in [9.17, 15) is 0 Å². The van der Waals surface area contributed by atoms with Crippen LogP contribution in [0.25, 0.3) is 5.76 Å². The summed E-state index contributed by atoms with van der Waals surface area (Å²) in [5.41, 5.74) is 6.37. The summed E-state index contributed by atoms with van der Waals surface area (Å²) in [6.07, 6.45) is 0. The fourth-order valence-electron chi connectivity index (χ4n) is 4.57. The van der Waals surface area contributed by atoms with E-state index in [2.05, 4.69) is 85.8 Å². The first-order valence-electron chi connectivity index (χ1n) is 10.8. The molecular weight excluding hydrogens is 370 g/mol. The topological polar surface area (TPSA) is 22.9 Å². The van der Waals surface area contributed by atoms with E-state index in [0.29, 0.717) is 0 Å². The standard InChI is InChI=1S/C27H27NO2/c1-20-11-13-21(14-12-20)26-23-9-5-6-10-25(23)30-27(22-7-3-2-4-8-22)24(26)19-28-15-17-29-18-16-28/h2-14,26H,15-19H2,1H3/p+1/t26-/m1/s1. The van der Waals surface area contributed by atoms with Gasteiger partial charge in [-0.1, -0.05) is 78.4 Å². The van der Waals surface area contributed by atoms with Crippen molar-refractivity contribution in [1.29, 1.82) is 0 Å². The van der Waals surface area contributed by atoms with Crippen LogP contribution in [0.1, 0.15) is 28.2 Å². The maximum absolute atomic E-state index is 6.58. The molecule has 3 nitrogen and oxygen atoms in total. The minimum atomic E-state index is 0.195. The third-order valence-electron chi connectivity index (χ3n) is 6.17. The van der Waals surface area contributed by atoms with Gasteiger partial charge in [-0.2, -0.15) is 0 Å². The summed E-state index contributed by atoms with van der Waals surface area (Å²) in [6.45, 7) is 6.83. The second kappa shape index (κ2) is 8.47. The average molecular weight is 399 g/mol. The number of para-hydroxylation sites is 1. The summed E-state index contributed by atoms with van der Waals surface area (Å²) in [4.78, 5) is 1.56. The number of benzene rings is 3. The van der Waals surface area contributed by atoms with E-state index in [1.807, 2.05) is 0 Å². The van der Waals surface area contributed by atoms with Crippen LogP contribution >= 0.6 is 0 Å². The predicted octanol–water partition coefficient (Wildman–Crippen LogP) is 3.85. The second-order valence-corrected chi connectivity index (χ2v) is 8.24. The van der Waals surface area contributed by atoms with E-state index in [0.717, 1.165) is 49.9 Å². The molecule has 3 aromatic rings. The zero-order chi connectivity index (χ0) is 20.3. The van der Waals surface area contributed by atoms with Gasteiger partial charge in [0.15, 0.2) is 0 Å². The molecule has 1 atom stereocenters. The van der Waals surface area contributed by atoms with Gasteiger partial charge < -0.3 is 14.4 Å². The maximum Gasteiger partial charge on any atom is 0.140 e. The average Bonchev–Trinajstić information content (AvgIpc) is 2.81. The molecule has 2 heterocycles. The molecule has 2 aliphatic heterocycles. The number of morpholine rings is 1. The number of hydrogen-bond donors (Lipinski definition) is 1. The smallest absolute Gasteiger partial charge is 0.140 e. The molecule has 1 saturated heterocycles. The Morgan fingerprint density at radius 3 is 2.30 bits per heavy atom. The molecule has 3 heteroatoms. The van der Waals surface area contributed by atoms with Crippen molar-refractivity contribution in [2.24, 2.45) is 0 Å². The van der Waals surface area contributed by atoms with E-state index in [1.165, 1.54) is 22.3 Å². The van der Waals surface area contributed by atoms with Crippen LogP contribution in [0.5, 0.6) is 5.75 Å². The predicted molar refractivity (Wildman–Crippen MR) is 120 cm³/mol. The van der Waals surface area contributed by atoms with Crippen LogP contribution in [0, 0.1) is 6.92 Å². The van der Waals surface area contributed by atoms with Crippen molar-refractivity contribution >= 4 is 5.76 Å². The van der Waals surface area contributed by atoms with Crippen LogP contribution in [-0.2, 0) is 4.74 Å². The molecule has 0 unspecified atom stereocenters. The largest absolute Gasteiger partial charge is 0.456 e. The molecule has 2 aliphatic rings. The van der Waals surface area contributed by atoms with Crippen molar-refractivity contribution in [3.05, 3.63) is 107 Å². The van der Waals surface area contributed by atoms with E-state index in [1.54, 1.807) is 4.90 Å². The lowest BCUT2D eigenvalue weighted by Crippen LogP contribution is -3.14. The van der Waals surface area contributed by atoms with E-state index in [4.69, 9.17) is 9.47 Å². The van der Waals surface area contributed by atoms with Crippen LogP contribution < -0.4 is 9.64 Å². The van der Waals surface area contributed by atoms with Crippen molar-refractivity contribution in [3.8, 4) is 5.75 Å². The zero-order valence-electron chi connectivity index (χ0n) is 17.4. The van der Waals surface area contributed by atoms with Crippen molar-refractivity contribution in [3.63, 3.8) is 0 Å². The molecule has 1 fully saturated rings. The van der Waals surface area contributed by atoms with Crippen LogP contribution in [0.15, 0.2) is 84.4 Å². The number of nitrogens with one attached hydrogen (secondary N) is 1. The van der Waals surface area contributed by atoms with Crippen LogP contribution in [-0.4, -0.2) is 32.8 Å². The quantitative estimate of drug-likeness (QED) is 0.722. The fourth-order valence-corrected chi connectivity index (χ4v) is 4.57. The second-order valence-electron chi connectivity index (χ2n) is 8.24. The van der Waals surface area contributed by atoms with Gasteiger partial charge in [0, 0.05) is 22.6 Å². The molecule has 0 aromatic heterocycles. The Labute approximate surface area is 178 Å². The summed E-state index contributed by atoms with van der Waals surface area (Å²) < 4.78 is 12.2. The van der Waals surface area contributed by atoms with E-state index < -0.39 is 0 Å². The lowest BCUT2D eigenvalue weighted by atomic mass is 9.80. The molecule has 0 bridgehead atoms. The van der Waals surface area contributed by atoms with E-state index in [-0.39, 0.29) is 5.92 Å². The zero-order valence-corrected chi connectivity index (χ0v) is 17.4. The minimum Gasteiger partial charge on any atom is -0.456 e. The highest BCUT2D eigenvalue weighted by atomic mass is 16.5. The highest BCUT2D eigenvalue weighted by molar-refractivity contribution is 5.72. The summed E-state index contributed by atoms with van der Waals surface area (Å²) in [6, 6.07) is 28.0. The van der Waals surface area contributed by atoms with Crippen molar-refractivity contribution < 1.29 is 14.4 Å². The maximum atomic E-state index is 6.58. The molecule has 5 rings (SSSR count). The van der Waals surface area contributed by atoms with Crippen molar-refractivity contribution in [2.45, 2.75) is 12.8 Å². The molecule has 0 amide bonds. The van der Waals surface area contributed by atoms with E-state index >= 15 is 0 Å². The Morgan fingerprint density at radius 1 is 0.833 bits per heavy atom. The fraction of sp³-hybridized carbons (Fsp3) is 0.259. The Hall–Kier alpha value is -2.88. The Morgan fingerprint density at radius 2 is 1.53 bits per heavy atom. The molecule has 0 radical (unpaired) electrons. The van der Waals surface area contributed by atoms with Gasteiger partial charge in [-0.15, -0.1) is 0 Å². The van der Waals surface area contributed by atoms with Gasteiger partial charge in [0.05, 0.1) is 13.2 Å². The number of ether oxygens (including phenoxy) is 2. The number of hydrogen-bond acceptors (Lipinski definition) is 2. The Kier molecular flexibility index (Phi) is 5.39. The number of fused-ring (bicyclic) bond motifs is 1. The third kappa shape index (κ3) is 3.79. The molecule has 0 spiro atoms. The van der Waals surface area contributed by atoms with Gasteiger partial charge in [-0.3, -0.25) is 0 Å². The Balaban J connectivity index is 1.67. The first-order chi connectivity index (χ1) is 14.8. The third-order valence-corrected chi connectivity index (χ3v) is 6.17. The van der Waals surface area contributed by atoms with Gasteiger partial charge in [0.1, 0.15) is 31.1 Å². The SMILES string of the molecule is Cc1ccc([C@H]2C(C[NH+]3CCOCC3)=C(c3ccccc3)Oc3ccccc32)cc1. The Bertz CT molecular complexity index is 1030. The summed E-state index contributed by atoms with van der Waals surface area (Å²) in [5.74, 6) is 2.17. The molecule has 3 aromatic carbocycles. The van der Waals surface area contributed by atoms with Crippen molar-refractivity contribution in [1.82, 2.24) is 0 Å². The highest BCUT2D eigenvalue weighted by Crippen LogP contribution is 2.45. The van der Waals surface area contributed by atoms with Gasteiger partial charge in [-0.25, -0.2) is 0 Å². The minimum absolute atomic E-state index is 0.195. The molecule has 1 N–H and O–H groups in total. The first kappa shape index (κ1) is 19.1. The van der Waals surface area contributed by atoms with Crippen LogP contribution in [0.2, 0.25) is 0 Å². The van der Waals surface area contributed by atoms with Gasteiger partial charge >= 0.3 is 0 Å². The number of rotatable bonds is 4. The first-order valence-corrected chi connectivity index (χ1v) is 10.8. The lowest BCUT2D eigenvalue weighted by Gasteiger charge is -2.34. The number of quaternary nitrogens is 1. The highest BCUT2D eigenvalue weighted by Gasteiger charge is 2.34. The van der Waals surface area contributed by atoms with Gasteiger partial charge in [0.25, 0.3) is 0 Å². The molecule has 0 saturated carbocycles. The monoisotopic (exact) mass is 398 g/mol. The van der Waals surface area contributed by atoms with Crippen LogP contribution in [0.4, 0.5) is 0 Å². The molecule has 152 valence electrons. The lowest BCUT2D eigenvalue weighted by molar-refractivity contribution is -0.903. The molecular formula is C27H28NO2+. The molecule has 0 aliphatic carbocycles. The summed E-state index contributed by atoms with van der Waals surface area (Å²) >= 11 is 0.